The Kier molecular flexibility index (Phi) is 4.36. The van der Waals surface area contributed by atoms with Crippen molar-refractivity contribution in [2.24, 2.45) is 0 Å². The van der Waals surface area contributed by atoms with Crippen LogP contribution in [0.5, 0.6) is 5.75 Å². The molecule has 1 aliphatic rings. The van der Waals surface area contributed by atoms with Gasteiger partial charge in [0.1, 0.15) is 11.6 Å². The van der Waals surface area contributed by atoms with Crippen LogP contribution in [-0.2, 0) is 0 Å². The van der Waals surface area contributed by atoms with Crippen LogP contribution in [0.2, 0.25) is 0 Å². The van der Waals surface area contributed by atoms with Crippen LogP contribution in [0.1, 0.15) is 16.1 Å². The molecule has 1 amide bonds. The molecule has 0 N–H and O–H groups in total. The Bertz CT molecular complexity index is 684. The maximum absolute atomic E-state index is 12.7. The van der Waals surface area contributed by atoms with E-state index >= 15 is 0 Å². The normalized spacial score (nSPS) is 14.7. The van der Waals surface area contributed by atoms with Crippen LogP contribution in [0.4, 0.5) is 5.82 Å². The molecule has 0 unspecified atom stereocenters. The lowest BCUT2D eigenvalue weighted by atomic mass is 10.1. The largest absolute Gasteiger partial charge is 0.494 e. The summed E-state index contributed by atoms with van der Waals surface area (Å²) in [6.45, 7) is 4.61. The number of hydrogen-bond donors (Lipinski definition) is 0. The molecule has 7 nitrogen and oxygen atoms in total. The van der Waals surface area contributed by atoms with Crippen molar-refractivity contribution in [3.8, 4) is 5.75 Å². The third kappa shape index (κ3) is 3.23. The van der Waals surface area contributed by atoms with Gasteiger partial charge in [0, 0.05) is 44.3 Å². The number of aromatic nitrogens is 3. The summed E-state index contributed by atoms with van der Waals surface area (Å²) in [5.74, 6) is 1.33. The summed E-state index contributed by atoms with van der Waals surface area (Å²) in [5, 5.41) is 0. The first kappa shape index (κ1) is 15.2. The van der Waals surface area contributed by atoms with Gasteiger partial charge in [0.25, 0.3) is 5.91 Å². The van der Waals surface area contributed by atoms with E-state index in [1.807, 2.05) is 11.8 Å². The Labute approximate surface area is 134 Å². The fourth-order valence-electron chi connectivity index (χ4n) is 2.64. The average Bonchev–Trinajstić information content (AvgIpc) is 2.62. The molecule has 0 spiro atoms. The smallest absolute Gasteiger partial charge is 0.257 e. The third-order valence-electron chi connectivity index (χ3n) is 3.89. The Hall–Kier alpha value is -2.70. The minimum absolute atomic E-state index is 0.0221. The maximum Gasteiger partial charge on any atom is 0.257 e. The van der Waals surface area contributed by atoms with Crippen LogP contribution < -0.4 is 9.64 Å². The fraction of sp³-hybridized carbons (Fsp3) is 0.375. The predicted molar refractivity (Wildman–Crippen MR) is 85.7 cm³/mol. The number of nitrogens with zero attached hydrogens (tertiary/aromatic N) is 5. The minimum atomic E-state index is -0.0221. The van der Waals surface area contributed by atoms with Crippen molar-refractivity contribution in [1.82, 2.24) is 19.9 Å². The van der Waals surface area contributed by atoms with Gasteiger partial charge in [-0.2, -0.15) is 0 Å². The van der Waals surface area contributed by atoms with E-state index in [1.165, 1.54) is 0 Å². The molecule has 3 rings (SSSR count). The van der Waals surface area contributed by atoms with Gasteiger partial charge in [-0.25, -0.2) is 4.98 Å². The van der Waals surface area contributed by atoms with E-state index in [2.05, 4.69) is 19.9 Å². The van der Waals surface area contributed by atoms with Gasteiger partial charge in [0.15, 0.2) is 0 Å². The second-order valence-electron chi connectivity index (χ2n) is 5.37. The Morgan fingerprint density at radius 3 is 2.57 bits per heavy atom. The van der Waals surface area contributed by atoms with Gasteiger partial charge in [-0.15, -0.1) is 0 Å². The van der Waals surface area contributed by atoms with Gasteiger partial charge < -0.3 is 14.5 Å². The van der Waals surface area contributed by atoms with E-state index in [-0.39, 0.29) is 5.91 Å². The molecule has 3 heterocycles. The number of ether oxygens (including phenoxy) is 1. The Morgan fingerprint density at radius 1 is 1.13 bits per heavy atom. The van der Waals surface area contributed by atoms with Crippen molar-refractivity contribution in [2.75, 3.05) is 38.2 Å². The number of anilines is 1. The highest BCUT2D eigenvalue weighted by Crippen LogP contribution is 2.21. The number of piperazine rings is 1. The molecular weight excluding hydrogens is 294 g/mol. The first-order valence-corrected chi connectivity index (χ1v) is 7.50. The van der Waals surface area contributed by atoms with Crippen molar-refractivity contribution in [3.63, 3.8) is 0 Å². The summed E-state index contributed by atoms with van der Waals surface area (Å²) in [5.41, 5.74) is 1.36. The topological polar surface area (TPSA) is 71.5 Å². The zero-order chi connectivity index (χ0) is 16.2. The molecule has 0 saturated carbocycles. The van der Waals surface area contributed by atoms with Crippen molar-refractivity contribution in [3.05, 3.63) is 42.1 Å². The molecule has 2 aromatic rings. The molecule has 0 aromatic carbocycles. The summed E-state index contributed by atoms with van der Waals surface area (Å²) >= 11 is 0. The van der Waals surface area contributed by atoms with Crippen LogP contribution in [-0.4, -0.2) is 59.0 Å². The minimum Gasteiger partial charge on any atom is -0.494 e. The van der Waals surface area contributed by atoms with Gasteiger partial charge in [-0.1, -0.05) is 0 Å². The first-order valence-electron chi connectivity index (χ1n) is 7.50. The lowest BCUT2D eigenvalue weighted by Gasteiger charge is -2.35. The highest BCUT2D eigenvalue weighted by atomic mass is 16.5. The fourth-order valence-corrected chi connectivity index (χ4v) is 2.64. The second kappa shape index (κ2) is 6.60. The van der Waals surface area contributed by atoms with Crippen molar-refractivity contribution in [1.29, 1.82) is 0 Å². The molecule has 0 aliphatic carbocycles. The average molecular weight is 313 g/mol. The summed E-state index contributed by atoms with van der Waals surface area (Å²) in [6.07, 6.45) is 6.67. The molecule has 0 atom stereocenters. The lowest BCUT2D eigenvalue weighted by molar-refractivity contribution is 0.0743. The van der Waals surface area contributed by atoms with Gasteiger partial charge in [-0.05, 0) is 13.0 Å². The number of pyridine rings is 1. The van der Waals surface area contributed by atoms with Gasteiger partial charge in [0.05, 0.1) is 25.1 Å². The zero-order valence-electron chi connectivity index (χ0n) is 13.3. The highest BCUT2D eigenvalue weighted by Gasteiger charge is 2.25. The summed E-state index contributed by atoms with van der Waals surface area (Å²) in [6, 6.07) is 1.77. The molecule has 1 fully saturated rings. The SMILES string of the molecule is COc1cnc(C)cc1C(=O)N1CCN(c2cnccn2)CC1. The Morgan fingerprint density at radius 2 is 1.91 bits per heavy atom. The number of hydrogen-bond acceptors (Lipinski definition) is 6. The van der Waals surface area contributed by atoms with Crippen molar-refractivity contribution in [2.45, 2.75) is 6.92 Å². The van der Waals surface area contributed by atoms with E-state index < -0.39 is 0 Å². The number of methoxy groups -OCH3 is 1. The second-order valence-corrected chi connectivity index (χ2v) is 5.37. The maximum atomic E-state index is 12.7. The summed E-state index contributed by atoms with van der Waals surface area (Å²) in [7, 11) is 1.55. The van der Waals surface area contributed by atoms with Gasteiger partial charge in [0.2, 0.25) is 0 Å². The molecule has 2 aromatic heterocycles. The monoisotopic (exact) mass is 313 g/mol. The van der Waals surface area contributed by atoms with E-state index in [9.17, 15) is 4.79 Å². The van der Waals surface area contributed by atoms with Crippen LogP contribution in [0, 0.1) is 6.92 Å². The molecule has 120 valence electrons. The van der Waals surface area contributed by atoms with E-state index in [0.717, 1.165) is 24.6 Å². The zero-order valence-corrected chi connectivity index (χ0v) is 13.3. The highest BCUT2D eigenvalue weighted by molar-refractivity contribution is 5.97. The van der Waals surface area contributed by atoms with Crippen LogP contribution in [0.15, 0.2) is 30.9 Å². The summed E-state index contributed by atoms with van der Waals surface area (Å²) in [4.78, 5) is 29.3. The van der Waals surface area contributed by atoms with Gasteiger partial charge in [-0.3, -0.25) is 14.8 Å². The number of carbonyl (C=O) groups excluding carboxylic acids is 1. The molecular formula is C16H19N5O2. The molecule has 1 aliphatic heterocycles. The molecule has 1 saturated heterocycles. The van der Waals surface area contributed by atoms with Crippen molar-refractivity contribution < 1.29 is 9.53 Å². The predicted octanol–water partition coefficient (Wildman–Crippen LogP) is 1.15. The Balaban J connectivity index is 1.70. The standard InChI is InChI=1S/C16H19N5O2/c1-12-9-13(14(23-2)10-19-12)16(22)21-7-5-20(6-8-21)15-11-17-3-4-18-15/h3-4,9-11H,5-8H2,1-2H3. The summed E-state index contributed by atoms with van der Waals surface area (Å²) < 4.78 is 5.26. The van der Waals surface area contributed by atoms with E-state index in [4.69, 9.17) is 4.74 Å². The molecule has 0 bridgehead atoms. The number of rotatable bonds is 3. The first-order chi connectivity index (χ1) is 11.2. The number of aryl methyl sites for hydroxylation is 1. The van der Waals surface area contributed by atoms with E-state index in [1.54, 1.807) is 38.0 Å². The molecule has 7 heteroatoms. The number of amides is 1. The number of carbonyl (C=O) groups is 1. The molecule has 0 radical (unpaired) electrons. The third-order valence-corrected chi connectivity index (χ3v) is 3.89. The van der Waals surface area contributed by atoms with Crippen LogP contribution >= 0.6 is 0 Å². The quantitative estimate of drug-likeness (QED) is 0.846. The lowest BCUT2D eigenvalue weighted by Crippen LogP contribution is -2.49. The molecule has 23 heavy (non-hydrogen) atoms. The van der Waals surface area contributed by atoms with Crippen LogP contribution in [0.25, 0.3) is 0 Å². The van der Waals surface area contributed by atoms with Gasteiger partial charge >= 0.3 is 0 Å². The van der Waals surface area contributed by atoms with E-state index in [0.29, 0.717) is 24.4 Å². The van der Waals surface area contributed by atoms with Crippen molar-refractivity contribution >= 4 is 11.7 Å². The van der Waals surface area contributed by atoms with Crippen LogP contribution in [0.3, 0.4) is 0 Å².